The third-order valence-corrected chi connectivity index (χ3v) is 18.7. The van der Waals surface area contributed by atoms with Crippen LogP contribution in [-0.2, 0) is 41.5 Å². The number of carbonyl (C=O) groups excluding carboxylic acids is 4. The topological polar surface area (TPSA) is 236 Å². The SMILES string of the molecule is CO[C@@]1(C(=O)Cc2ccc3[nH]nc(-c4ccc(OC(C)C)nc4)c3c2)CCN(CC(=O)C2CCN(c3nccs3)CC2)C1.CO[C@@]1(C(=O)Cc2ccc3[nH]nc(-c4ccc(OC(C)C)nc4)c3c2)CCNC1.O=C(CCl)C1CCN(c2nccs2)CC1. The highest BCUT2D eigenvalue weighted by atomic mass is 35.5. The molecule has 0 aliphatic carbocycles. The Morgan fingerprint density at radius 3 is 1.54 bits per heavy atom. The van der Waals surface area contributed by atoms with Crippen molar-refractivity contribution in [1.29, 1.82) is 0 Å². The van der Waals surface area contributed by atoms with Gasteiger partial charge in [0.1, 0.15) is 28.4 Å². The van der Waals surface area contributed by atoms with E-state index >= 15 is 0 Å². The van der Waals surface area contributed by atoms with Crippen LogP contribution in [0.3, 0.4) is 0 Å². The average molecular weight is 1240 g/mol. The van der Waals surface area contributed by atoms with Crippen LogP contribution in [0, 0.1) is 11.8 Å². The predicted molar refractivity (Wildman–Crippen MR) is 340 cm³/mol. The van der Waals surface area contributed by atoms with E-state index in [9.17, 15) is 19.2 Å². The van der Waals surface area contributed by atoms with Gasteiger partial charge >= 0.3 is 0 Å². The van der Waals surface area contributed by atoms with Crippen LogP contribution in [0.25, 0.3) is 44.3 Å². The molecule has 3 N–H and O–H groups in total. The molecule has 4 aliphatic heterocycles. The van der Waals surface area contributed by atoms with Crippen LogP contribution in [0.4, 0.5) is 10.3 Å². The molecule has 0 spiro atoms. The van der Waals surface area contributed by atoms with Gasteiger partial charge in [0.15, 0.2) is 27.6 Å². The Kier molecular flexibility index (Phi) is 20.9. The van der Waals surface area contributed by atoms with Gasteiger partial charge in [-0.1, -0.05) is 12.1 Å². The number of nitrogens with one attached hydrogen (secondary N) is 3. The Morgan fingerprint density at radius 2 is 1.13 bits per heavy atom. The quantitative estimate of drug-likeness (QED) is 0.0568. The van der Waals surface area contributed by atoms with E-state index in [2.05, 4.69) is 60.3 Å². The first-order chi connectivity index (χ1) is 42.1. The fraction of sp³-hybridized carbons (Fsp3) is 0.469. The van der Waals surface area contributed by atoms with Crippen molar-refractivity contribution in [2.24, 2.45) is 11.8 Å². The zero-order valence-corrected chi connectivity index (χ0v) is 52.6. The third kappa shape index (κ3) is 15.3. The van der Waals surface area contributed by atoms with Gasteiger partial charge in [0.25, 0.3) is 0 Å². The van der Waals surface area contributed by atoms with Gasteiger partial charge in [-0.15, -0.1) is 34.3 Å². The number of methoxy groups -OCH3 is 2. The minimum Gasteiger partial charge on any atom is -0.475 e. The van der Waals surface area contributed by atoms with Crippen molar-refractivity contribution in [2.75, 3.05) is 88.8 Å². The largest absolute Gasteiger partial charge is 0.475 e. The second-order valence-corrected chi connectivity index (χ2v) is 25.2. The Hall–Kier alpha value is -7.05. The number of carbonyl (C=O) groups is 4. The van der Waals surface area contributed by atoms with Gasteiger partial charge < -0.3 is 34.1 Å². The second kappa shape index (κ2) is 28.8. The van der Waals surface area contributed by atoms with Gasteiger partial charge in [-0.2, -0.15) is 10.2 Å². The highest BCUT2D eigenvalue weighted by Gasteiger charge is 2.45. The van der Waals surface area contributed by atoms with E-state index in [4.69, 9.17) is 30.5 Å². The molecule has 2 aromatic carbocycles. The average Bonchev–Trinajstić information content (AvgIpc) is 4.13. The lowest BCUT2D eigenvalue weighted by molar-refractivity contribution is -0.139. The highest BCUT2D eigenvalue weighted by Crippen LogP contribution is 2.34. The van der Waals surface area contributed by atoms with Gasteiger partial charge in [-0.3, -0.25) is 34.3 Å². The number of piperidine rings is 2. The fourth-order valence-electron chi connectivity index (χ4n) is 11.8. The molecule has 20 nitrogen and oxygen atoms in total. The molecule has 4 aliphatic rings. The number of aromatic amines is 2. The van der Waals surface area contributed by atoms with Crippen LogP contribution < -0.4 is 24.6 Å². The lowest BCUT2D eigenvalue weighted by Gasteiger charge is -2.32. The Bertz CT molecular complexity index is 3560. The fourth-order valence-corrected chi connectivity index (χ4v) is 13.4. The number of anilines is 2. The molecular formula is C64H77ClN12O8S2. The maximum absolute atomic E-state index is 13.7. The lowest BCUT2D eigenvalue weighted by atomic mass is 9.91. The molecule has 460 valence electrons. The number of ketones is 4. The summed E-state index contributed by atoms with van der Waals surface area (Å²) in [4.78, 5) is 75.3. The van der Waals surface area contributed by atoms with Gasteiger partial charge in [-0.25, -0.2) is 19.9 Å². The molecule has 4 saturated heterocycles. The molecule has 23 heteroatoms. The van der Waals surface area contributed by atoms with Gasteiger partial charge in [0, 0.05) is 154 Å². The first-order valence-corrected chi connectivity index (χ1v) is 32.1. The summed E-state index contributed by atoms with van der Waals surface area (Å²) in [5.74, 6) is 2.11. The first kappa shape index (κ1) is 63.0. The minimum absolute atomic E-state index is 0.0305. The van der Waals surface area contributed by atoms with Crippen LogP contribution in [0.5, 0.6) is 11.8 Å². The number of pyridine rings is 2. The number of ether oxygens (including phenoxy) is 4. The van der Waals surface area contributed by atoms with Crippen LogP contribution in [0.1, 0.15) is 77.3 Å². The number of thiazole rings is 2. The Balaban J connectivity index is 0.000000163. The summed E-state index contributed by atoms with van der Waals surface area (Å²) < 4.78 is 22.8. The number of likely N-dealkylation sites (tertiary alicyclic amines) is 1. The smallest absolute Gasteiger partial charge is 0.213 e. The molecule has 6 aromatic heterocycles. The zero-order valence-electron chi connectivity index (χ0n) is 50.3. The number of fused-ring (bicyclic) bond motifs is 2. The third-order valence-electron chi connectivity index (χ3n) is 16.7. The summed E-state index contributed by atoms with van der Waals surface area (Å²) in [6, 6.07) is 19.5. The number of Topliss-reactive ketones (excluding diaryl/α,β-unsaturated/α-hetero) is 4. The van der Waals surface area contributed by atoms with E-state index in [0.717, 1.165) is 124 Å². The molecule has 0 radical (unpaired) electrons. The van der Waals surface area contributed by atoms with Gasteiger partial charge in [0.2, 0.25) is 11.8 Å². The molecule has 87 heavy (non-hydrogen) atoms. The van der Waals surface area contributed by atoms with Crippen molar-refractivity contribution >= 4 is 89.5 Å². The number of hydrogen-bond acceptors (Lipinski definition) is 20. The number of benzene rings is 2. The molecule has 10 heterocycles. The first-order valence-electron chi connectivity index (χ1n) is 29.9. The standard InChI is InChI=1S/C32H38N6O4S.C22H26N4O3.C10H13ClN2OS/c1-21(2)42-29-7-5-24(18-34-29)30-25-16-22(4-6-26(25)35-36-30)17-28(40)32(41-3)10-14-37(20-32)19-27(39)23-8-12-38(13-9-23)31-33-11-15-43-31;1-14(2)29-20-7-5-16(12-24-20)21-17-10-15(4-6-18(17)25-26-21)11-19(27)22(28-3)8-9-23-13-22;11-7-9(14)8-1-4-13(5-2-8)10-12-3-6-15-10/h4-7,11,15-16,18,21,23H,8-10,12-14,17,19-20H2,1-3H3,(H,35,36);4-7,10,12,14,23H,8-9,11,13H2,1-3H3,(H,25,26);3,6,8H,1-2,4-5,7H2/t32-;22-;/m00./s1. The normalized spacial score (nSPS) is 19.3. The van der Waals surface area contributed by atoms with Crippen LogP contribution in [0.2, 0.25) is 0 Å². The van der Waals surface area contributed by atoms with E-state index in [-0.39, 0.29) is 59.5 Å². The monoisotopic (exact) mass is 1240 g/mol. The summed E-state index contributed by atoms with van der Waals surface area (Å²) in [6.45, 7) is 14.2. The predicted octanol–water partition coefficient (Wildman–Crippen LogP) is 9.63. The number of aromatic nitrogens is 8. The zero-order chi connectivity index (χ0) is 61.1. The summed E-state index contributed by atoms with van der Waals surface area (Å²) in [5.41, 5.74) is 5.35. The van der Waals surface area contributed by atoms with Crippen molar-refractivity contribution < 1.29 is 38.1 Å². The molecule has 12 rings (SSSR count). The van der Waals surface area contributed by atoms with Crippen LogP contribution in [0.15, 0.2) is 96.2 Å². The summed E-state index contributed by atoms with van der Waals surface area (Å²) in [7, 11) is 3.22. The van der Waals surface area contributed by atoms with Crippen LogP contribution >= 0.6 is 34.3 Å². The molecular weight excluding hydrogens is 1160 g/mol. The number of alkyl halides is 1. The number of halogens is 1. The van der Waals surface area contributed by atoms with E-state index < -0.39 is 11.2 Å². The molecule has 0 saturated carbocycles. The van der Waals surface area contributed by atoms with Gasteiger partial charge in [0.05, 0.1) is 35.7 Å². The van der Waals surface area contributed by atoms with E-state index in [0.29, 0.717) is 57.2 Å². The van der Waals surface area contributed by atoms with Gasteiger partial charge in [-0.05, 0) is 120 Å². The maximum atomic E-state index is 13.7. The minimum atomic E-state index is -0.918. The second-order valence-electron chi connectivity index (χ2n) is 23.2. The van der Waals surface area contributed by atoms with Crippen molar-refractivity contribution in [3.05, 3.63) is 107 Å². The maximum Gasteiger partial charge on any atom is 0.213 e. The molecule has 8 aromatic rings. The summed E-state index contributed by atoms with van der Waals surface area (Å²) in [5, 5.41) is 26.3. The van der Waals surface area contributed by atoms with E-state index in [1.54, 1.807) is 49.3 Å². The number of hydrogen-bond donors (Lipinski definition) is 3. The molecule has 4 fully saturated rings. The molecule has 0 bridgehead atoms. The molecule has 0 unspecified atom stereocenters. The van der Waals surface area contributed by atoms with Crippen molar-refractivity contribution in [1.82, 2.24) is 50.5 Å². The highest BCUT2D eigenvalue weighted by molar-refractivity contribution is 7.13. The van der Waals surface area contributed by atoms with E-state index in [1.807, 2.05) is 112 Å². The number of rotatable bonds is 21. The summed E-state index contributed by atoms with van der Waals surface area (Å²) >= 11 is 8.83. The lowest BCUT2D eigenvalue weighted by Crippen LogP contribution is -2.45. The number of H-pyrrole nitrogens is 2. The molecule has 0 amide bonds. The number of nitrogens with zero attached hydrogens (tertiary/aromatic N) is 9. The Labute approximate surface area is 520 Å². The Morgan fingerprint density at radius 1 is 0.632 bits per heavy atom. The van der Waals surface area contributed by atoms with Crippen molar-refractivity contribution in [3.8, 4) is 34.3 Å². The van der Waals surface area contributed by atoms with Crippen molar-refractivity contribution in [2.45, 2.75) is 102 Å². The van der Waals surface area contributed by atoms with Crippen LogP contribution in [-0.4, -0.2) is 171 Å². The summed E-state index contributed by atoms with van der Waals surface area (Å²) in [6.07, 6.45) is 12.6. The van der Waals surface area contributed by atoms with Crippen molar-refractivity contribution in [3.63, 3.8) is 0 Å². The van der Waals surface area contributed by atoms with E-state index in [1.165, 1.54) is 0 Å². The molecule has 2 atom stereocenters.